The van der Waals surface area contributed by atoms with Gasteiger partial charge < -0.3 is 0 Å². The van der Waals surface area contributed by atoms with Crippen molar-refractivity contribution >= 4 is 21.5 Å². The molecule has 0 saturated heterocycles. The van der Waals surface area contributed by atoms with Crippen molar-refractivity contribution in [2.24, 2.45) is 5.92 Å². The summed E-state index contributed by atoms with van der Waals surface area (Å²) in [5.74, 6) is 0.152. The lowest BCUT2D eigenvalue weighted by Crippen LogP contribution is -2.05. The fraction of sp³-hybridized carbons (Fsp3) is 0.222. The van der Waals surface area contributed by atoms with Crippen molar-refractivity contribution in [2.75, 3.05) is 0 Å². The van der Waals surface area contributed by atoms with Gasteiger partial charge in [0.2, 0.25) is 0 Å². The predicted molar refractivity (Wildman–Crippen MR) is 85.2 cm³/mol. The molecular weight excluding hydrogens is 315 g/mol. The van der Waals surface area contributed by atoms with Crippen molar-refractivity contribution in [2.45, 2.75) is 19.8 Å². The van der Waals surface area contributed by atoms with Crippen LogP contribution in [0.2, 0.25) is 0 Å². The molecule has 2 aromatic carbocycles. The van der Waals surface area contributed by atoms with Gasteiger partial charge in [0.15, 0.2) is 0 Å². The average Bonchev–Trinajstić information content (AvgIpc) is 2.70. The van der Waals surface area contributed by atoms with Crippen LogP contribution < -0.4 is 0 Å². The number of hydrogen-bond donors (Lipinski definition) is 0. The smallest absolute Gasteiger partial charge is 0.127 e. The van der Waals surface area contributed by atoms with E-state index in [4.69, 9.17) is 0 Å². The predicted octanol–water partition coefficient (Wildman–Crippen LogP) is 5.32. The first-order valence-electron chi connectivity index (χ1n) is 6.78. The Morgan fingerprint density at radius 2 is 2.10 bits per heavy atom. The van der Waals surface area contributed by atoms with Gasteiger partial charge in [-0.15, -0.1) is 0 Å². The SMILES string of the molecule is C=C1c2ccc(C)cc2CC1Cc1c(F)cccc1Br. The van der Waals surface area contributed by atoms with E-state index < -0.39 is 0 Å². The molecular formula is C18H16BrF. The van der Waals surface area contributed by atoms with Crippen LogP contribution in [0.1, 0.15) is 22.3 Å². The van der Waals surface area contributed by atoms with Crippen molar-refractivity contribution in [3.8, 4) is 0 Å². The molecule has 0 saturated carbocycles. The normalized spacial score (nSPS) is 17.4. The molecule has 20 heavy (non-hydrogen) atoms. The van der Waals surface area contributed by atoms with Crippen LogP contribution in [0.25, 0.3) is 5.57 Å². The summed E-state index contributed by atoms with van der Waals surface area (Å²) in [4.78, 5) is 0. The Morgan fingerprint density at radius 3 is 2.85 bits per heavy atom. The van der Waals surface area contributed by atoms with Gasteiger partial charge in [-0.3, -0.25) is 0 Å². The lowest BCUT2D eigenvalue weighted by Gasteiger charge is -2.13. The highest BCUT2D eigenvalue weighted by atomic mass is 79.9. The average molecular weight is 331 g/mol. The summed E-state index contributed by atoms with van der Waals surface area (Å²) in [6.45, 7) is 6.33. The zero-order valence-electron chi connectivity index (χ0n) is 11.4. The largest absolute Gasteiger partial charge is 0.207 e. The maximum absolute atomic E-state index is 14.0. The molecule has 1 atom stereocenters. The molecule has 0 bridgehead atoms. The molecule has 2 aromatic rings. The van der Waals surface area contributed by atoms with Crippen LogP contribution in [0.5, 0.6) is 0 Å². The minimum Gasteiger partial charge on any atom is -0.207 e. The Hall–Kier alpha value is -1.41. The van der Waals surface area contributed by atoms with Crippen molar-refractivity contribution < 1.29 is 4.39 Å². The number of benzene rings is 2. The molecule has 0 heterocycles. The minimum absolute atomic E-state index is 0.140. The van der Waals surface area contributed by atoms with Crippen molar-refractivity contribution in [3.63, 3.8) is 0 Å². The fourth-order valence-electron chi connectivity index (χ4n) is 2.98. The molecule has 0 aromatic heterocycles. The first kappa shape index (κ1) is 13.6. The Balaban J connectivity index is 1.90. The Morgan fingerprint density at radius 1 is 1.30 bits per heavy atom. The fourth-order valence-corrected chi connectivity index (χ4v) is 3.49. The third kappa shape index (κ3) is 2.33. The highest BCUT2D eigenvalue weighted by Gasteiger charge is 2.26. The van der Waals surface area contributed by atoms with Gasteiger partial charge in [0.1, 0.15) is 5.82 Å². The molecule has 1 aliphatic rings. The van der Waals surface area contributed by atoms with Crippen molar-refractivity contribution in [3.05, 3.63) is 75.5 Å². The number of fused-ring (bicyclic) bond motifs is 1. The highest BCUT2D eigenvalue weighted by Crippen LogP contribution is 2.39. The molecule has 0 fully saturated rings. The maximum atomic E-state index is 14.0. The Labute approximate surface area is 127 Å². The van der Waals surface area contributed by atoms with Crippen LogP contribution in [-0.2, 0) is 12.8 Å². The second-order valence-electron chi connectivity index (χ2n) is 5.49. The maximum Gasteiger partial charge on any atom is 0.127 e. The third-order valence-electron chi connectivity index (χ3n) is 4.08. The quantitative estimate of drug-likeness (QED) is 0.698. The van der Waals surface area contributed by atoms with Crippen molar-refractivity contribution in [1.82, 2.24) is 0 Å². The van der Waals surface area contributed by atoms with Crippen LogP contribution in [0.4, 0.5) is 4.39 Å². The first-order chi connectivity index (χ1) is 9.56. The van der Waals surface area contributed by atoms with Crippen LogP contribution in [0.3, 0.4) is 0 Å². The van der Waals surface area contributed by atoms with Gasteiger partial charge in [-0.2, -0.15) is 0 Å². The molecule has 102 valence electrons. The van der Waals surface area contributed by atoms with Crippen molar-refractivity contribution in [1.29, 1.82) is 0 Å². The molecule has 1 aliphatic carbocycles. The second kappa shape index (κ2) is 5.17. The van der Waals surface area contributed by atoms with Gasteiger partial charge >= 0.3 is 0 Å². The topological polar surface area (TPSA) is 0 Å². The van der Waals surface area contributed by atoms with Gasteiger partial charge in [-0.05, 0) is 54.5 Å². The second-order valence-corrected chi connectivity index (χ2v) is 6.35. The van der Waals surface area contributed by atoms with Gasteiger partial charge in [-0.1, -0.05) is 52.3 Å². The number of allylic oxidation sites excluding steroid dienone is 1. The summed E-state index contributed by atoms with van der Waals surface area (Å²) in [5, 5.41) is 0. The summed E-state index contributed by atoms with van der Waals surface area (Å²) in [6.07, 6.45) is 1.65. The number of halogens is 2. The van der Waals surface area contributed by atoms with E-state index in [-0.39, 0.29) is 5.82 Å². The van der Waals surface area contributed by atoms with Crippen LogP contribution >= 0.6 is 15.9 Å². The molecule has 0 nitrogen and oxygen atoms in total. The van der Waals surface area contributed by atoms with E-state index in [1.165, 1.54) is 22.8 Å². The lowest BCUT2D eigenvalue weighted by atomic mass is 9.93. The zero-order valence-corrected chi connectivity index (χ0v) is 13.0. The van der Waals surface area contributed by atoms with E-state index in [2.05, 4.69) is 47.6 Å². The van der Waals surface area contributed by atoms with Crippen LogP contribution in [0.15, 0.2) is 47.4 Å². The Kier molecular flexibility index (Phi) is 3.51. The summed E-state index contributed by atoms with van der Waals surface area (Å²) in [6, 6.07) is 11.6. The molecule has 0 aliphatic heterocycles. The number of hydrogen-bond acceptors (Lipinski definition) is 0. The molecule has 0 radical (unpaired) electrons. The molecule has 3 rings (SSSR count). The van der Waals surface area contributed by atoms with Crippen LogP contribution in [0, 0.1) is 18.7 Å². The monoisotopic (exact) mass is 330 g/mol. The molecule has 0 N–H and O–H groups in total. The van der Waals surface area contributed by atoms with Gasteiger partial charge in [-0.25, -0.2) is 4.39 Å². The minimum atomic E-state index is -0.140. The van der Waals surface area contributed by atoms with E-state index >= 15 is 0 Å². The van der Waals surface area contributed by atoms with E-state index in [0.29, 0.717) is 12.3 Å². The van der Waals surface area contributed by atoms with Gasteiger partial charge in [0.25, 0.3) is 0 Å². The summed E-state index contributed by atoms with van der Waals surface area (Å²) in [5.41, 5.74) is 5.74. The zero-order chi connectivity index (χ0) is 14.3. The van der Waals surface area contributed by atoms with Gasteiger partial charge in [0, 0.05) is 10.0 Å². The van der Waals surface area contributed by atoms with E-state index in [1.54, 1.807) is 6.07 Å². The standard InChI is InChI=1S/C18H16BrF/c1-11-6-7-15-12(2)13(9-14(15)8-11)10-16-17(19)4-3-5-18(16)20/h3-8,13H,2,9-10H2,1H3. The number of aryl methyl sites for hydroxylation is 1. The van der Waals surface area contributed by atoms with E-state index in [1.807, 2.05) is 6.07 Å². The lowest BCUT2D eigenvalue weighted by molar-refractivity contribution is 0.585. The highest BCUT2D eigenvalue weighted by molar-refractivity contribution is 9.10. The first-order valence-corrected chi connectivity index (χ1v) is 7.57. The third-order valence-corrected chi connectivity index (χ3v) is 4.82. The molecule has 0 spiro atoms. The Bertz CT molecular complexity index is 668. The number of rotatable bonds is 2. The summed E-state index contributed by atoms with van der Waals surface area (Å²) >= 11 is 3.45. The van der Waals surface area contributed by atoms with Crippen LogP contribution in [-0.4, -0.2) is 0 Å². The molecule has 1 unspecified atom stereocenters. The van der Waals surface area contributed by atoms with E-state index in [9.17, 15) is 4.39 Å². The van der Waals surface area contributed by atoms with Gasteiger partial charge in [0.05, 0.1) is 0 Å². The van der Waals surface area contributed by atoms with E-state index in [0.717, 1.165) is 22.0 Å². The molecule has 0 amide bonds. The summed E-state index contributed by atoms with van der Waals surface area (Å²) in [7, 11) is 0. The summed E-state index contributed by atoms with van der Waals surface area (Å²) < 4.78 is 14.8. The molecule has 2 heteroatoms.